The Morgan fingerprint density at radius 2 is 1.73 bits per heavy atom. The first kappa shape index (κ1) is 24.2. The van der Waals surface area contributed by atoms with Crippen molar-refractivity contribution in [2.75, 3.05) is 30.0 Å². The van der Waals surface area contributed by atoms with E-state index in [1.165, 1.54) is 12.1 Å². The Hall–Kier alpha value is -3.48. The van der Waals surface area contributed by atoms with Crippen LogP contribution in [0.2, 0.25) is 0 Å². The fourth-order valence-electron chi connectivity index (χ4n) is 3.17. The largest absolute Gasteiger partial charge is 0.476 e. The highest BCUT2D eigenvalue weighted by atomic mass is 19.1. The molecule has 0 atom stereocenters. The Bertz CT molecular complexity index is 1050. The van der Waals surface area contributed by atoms with Crippen LogP contribution < -0.4 is 14.5 Å². The van der Waals surface area contributed by atoms with E-state index >= 15 is 0 Å². The van der Waals surface area contributed by atoms with Crippen LogP contribution >= 0.6 is 0 Å². The summed E-state index contributed by atoms with van der Waals surface area (Å²) in [5.41, 5.74) is 2.05. The Morgan fingerprint density at radius 3 is 2.30 bits per heavy atom. The lowest BCUT2D eigenvalue weighted by atomic mass is 9.94. The average molecular weight is 451 g/mol. The standard InChI is InChI=1S/C26H31FN4O2/c1-19-6-13-24(29-16-19)33-15-14-30(5)23-12-7-20(17-28-23)18-31(25(32)26(2,3)4)22-10-8-21(27)9-11-22/h6-13,16-17H,14-15,18H2,1-5H3. The summed E-state index contributed by atoms with van der Waals surface area (Å²) < 4.78 is 19.1. The minimum atomic E-state index is -0.575. The molecule has 2 heterocycles. The number of likely N-dealkylation sites (N-methyl/N-ethyl adjacent to an activating group) is 1. The van der Waals surface area contributed by atoms with E-state index in [9.17, 15) is 9.18 Å². The molecule has 1 amide bonds. The van der Waals surface area contributed by atoms with E-state index in [2.05, 4.69) is 9.97 Å². The van der Waals surface area contributed by atoms with Gasteiger partial charge in [-0.3, -0.25) is 4.79 Å². The van der Waals surface area contributed by atoms with Gasteiger partial charge in [-0.2, -0.15) is 0 Å². The van der Waals surface area contributed by atoms with Gasteiger partial charge in [0, 0.05) is 36.6 Å². The third kappa shape index (κ3) is 6.75. The molecule has 7 heteroatoms. The molecule has 0 fully saturated rings. The number of nitrogens with zero attached hydrogens (tertiary/aromatic N) is 4. The molecule has 0 saturated carbocycles. The average Bonchev–Trinajstić information content (AvgIpc) is 2.79. The third-order valence-electron chi connectivity index (χ3n) is 5.13. The minimum Gasteiger partial charge on any atom is -0.476 e. The van der Waals surface area contributed by atoms with E-state index in [4.69, 9.17) is 4.74 Å². The van der Waals surface area contributed by atoms with Gasteiger partial charge in [-0.15, -0.1) is 0 Å². The van der Waals surface area contributed by atoms with Crippen molar-refractivity contribution in [1.82, 2.24) is 9.97 Å². The van der Waals surface area contributed by atoms with Gasteiger partial charge in [-0.1, -0.05) is 32.9 Å². The third-order valence-corrected chi connectivity index (χ3v) is 5.13. The van der Waals surface area contributed by atoms with E-state index in [1.54, 1.807) is 29.4 Å². The van der Waals surface area contributed by atoms with Crippen LogP contribution in [0.4, 0.5) is 15.9 Å². The van der Waals surface area contributed by atoms with Crippen molar-refractivity contribution in [2.45, 2.75) is 34.2 Å². The lowest BCUT2D eigenvalue weighted by Crippen LogP contribution is -2.39. The number of benzene rings is 1. The zero-order valence-electron chi connectivity index (χ0n) is 19.9. The first-order chi connectivity index (χ1) is 15.6. The predicted octanol–water partition coefficient (Wildman–Crippen LogP) is 5.02. The summed E-state index contributed by atoms with van der Waals surface area (Å²) in [6.45, 7) is 9.07. The van der Waals surface area contributed by atoms with Gasteiger partial charge in [0.1, 0.15) is 18.2 Å². The summed E-state index contributed by atoms with van der Waals surface area (Å²) >= 11 is 0. The van der Waals surface area contributed by atoms with Gasteiger partial charge in [0.25, 0.3) is 0 Å². The van der Waals surface area contributed by atoms with Crippen molar-refractivity contribution in [3.63, 3.8) is 0 Å². The van der Waals surface area contributed by atoms with Crippen molar-refractivity contribution < 1.29 is 13.9 Å². The molecule has 2 aromatic heterocycles. The number of hydrogen-bond acceptors (Lipinski definition) is 5. The Labute approximate surface area is 195 Å². The fraction of sp³-hybridized carbons (Fsp3) is 0.346. The number of carbonyl (C=O) groups is 1. The quantitative estimate of drug-likeness (QED) is 0.482. The molecule has 1 aromatic carbocycles. The van der Waals surface area contributed by atoms with Gasteiger partial charge in [-0.05, 0) is 48.4 Å². The number of rotatable bonds is 8. The molecule has 174 valence electrons. The van der Waals surface area contributed by atoms with Crippen molar-refractivity contribution >= 4 is 17.4 Å². The van der Waals surface area contributed by atoms with E-state index in [1.807, 2.05) is 63.9 Å². The maximum atomic E-state index is 13.4. The number of pyridine rings is 2. The molecule has 0 bridgehead atoms. The number of halogens is 1. The second kappa shape index (κ2) is 10.4. The highest BCUT2D eigenvalue weighted by molar-refractivity contribution is 5.96. The lowest BCUT2D eigenvalue weighted by molar-refractivity contribution is -0.125. The number of carbonyl (C=O) groups excluding carboxylic acids is 1. The van der Waals surface area contributed by atoms with Gasteiger partial charge < -0.3 is 14.5 Å². The summed E-state index contributed by atoms with van der Waals surface area (Å²) in [4.78, 5) is 25.5. The lowest BCUT2D eigenvalue weighted by Gasteiger charge is -2.30. The van der Waals surface area contributed by atoms with Crippen LogP contribution in [0.1, 0.15) is 31.9 Å². The summed E-state index contributed by atoms with van der Waals surface area (Å²) in [7, 11) is 1.95. The number of anilines is 2. The SMILES string of the molecule is Cc1ccc(OCCN(C)c2ccc(CN(C(=O)C(C)(C)C)c3ccc(F)cc3)cn2)nc1. The molecule has 0 N–H and O–H groups in total. The maximum absolute atomic E-state index is 13.4. The number of ether oxygens (including phenoxy) is 1. The first-order valence-corrected chi connectivity index (χ1v) is 10.9. The van der Waals surface area contributed by atoms with Crippen LogP contribution in [0.5, 0.6) is 5.88 Å². The molecular weight excluding hydrogens is 419 g/mol. The Balaban J connectivity index is 1.64. The molecule has 0 radical (unpaired) electrons. The zero-order chi connectivity index (χ0) is 24.0. The predicted molar refractivity (Wildman–Crippen MR) is 129 cm³/mol. The second-order valence-electron chi connectivity index (χ2n) is 9.09. The Morgan fingerprint density at radius 1 is 1.00 bits per heavy atom. The molecule has 3 rings (SSSR count). The van der Waals surface area contributed by atoms with Gasteiger partial charge >= 0.3 is 0 Å². The van der Waals surface area contributed by atoms with Crippen LogP contribution in [0.15, 0.2) is 60.9 Å². The molecule has 0 aliphatic rings. The molecule has 33 heavy (non-hydrogen) atoms. The molecule has 0 saturated heterocycles. The molecule has 3 aromatic rings. The molecule has 0 aliphatic carbocycles. The molecule has 0 unspecified atom stereocenters. The molecule has 6 nitrogen and oxygen atoms in total. The van der Waals surface area contributed by atoms with Crippen LogP contribution in [-0.2, 0) is 11.3 Å². The van der Waals surface area contributed by atoms with E-state index < -0.39 is 5.41 Å². The fourth-order valence-corrected chi connectivity index (χ4v) is 3.17. The number of aryl methyl sites for hydroxylation is 1. The van der Waals surface area contributed by atoms with E-state index in [0.29, 0.717) is 31.3 Å². The van der Waals surface area contributed by atoms with Crippen LogP contribution in [0, 0.1) is 18.2 Å². The highest BCUT2D eigenvalue weighted by Gasteiger charge is 2.28. The summed E-state index contributed by atoms with van der Waals surface area (Å²) in [6.07, 6.45) is 3.54. The summed E-state index contributed by atoms with van der Waals surface area (Å²) in [6, 6.07) is 13.7. The summed E-state index contributed by atoms with van der Waals surface area (Å²) in [5, 5.41) is 0. The van der Waals surface area contributed by atoms with Gasteiger partial charge in [-0.25, -0.2) is 14.4 Å². The van der Waals surface area contributed by atoms with Crippen LogP contribution in [-0.4, -0.2) is 36.1 Å². The number of hydrogen-bond donors (Lipinski definition) is 0. The molecular formula is C26H31FN4O2. The van der Waals surface area contributed by atoms with Crippen molar-refractivity contribution in [1.29, 1.82) is 0 Å². The summed E-state index contributed by atoms with van der Waals surface area (Å²) in [5.74, 6) is 1.02. The van der Waals surface area contributed by atoms with Crippen molar-refractivity contribution in [2.24, 2.45) is 5.41 Å². The Kier molecular flexibility index (Phi) is 7.63. The number of amides is 1. The van der Waals surface area contributed by atoms with Gasteiger partial charge in [0.05, 0.1) is 13.1 Å². The molecule has 0 aliphatic heterocycles. The van der Waals surface area contributed by atoms with Crippen molar-refractivity contribution in [3.05, 3.63) is 77.9 Å². The zero-order valence-corrected chi connectivity index (χ0v) is 19.9. The normalized spacial score (nSPS) is 11.2. The van der Waals surface area contributed by atoms with Gasteiger partial charge in [0.15, 0.2) is 0 Å². The first-order valence-electron chi connectivity index (χ1n) is 10.9. The monoisotopic (exact) mass is 450 g/mol. The smallest absolute Gasteiger partial charge is 0.232 e. The van der Waals surface area contributed by atoms with Crippen molar-refractivity contribution in [3.8, 4) is 5.88 Å². The maximum Gasteiger partial charge on any atom is 0.232 e. The highest BCUT2D eigenvalue weighted by Crippen LogP contribution is 2.26. The molecule has 0 spiro atoms. The van der Waals surface area contributed by atoms with E-state index in [-0.39, 0.29) is 11.7 Å². The van der Waals surface area contributed by atoms with E-state index in [0.717, 1.165) is 16.9 Å². The van der Waals surface area contributed by atoms with Crippen LogP contribution in [0.25, 0.3) is 0 Å². The second-order valence-corrected chi connectivity index (χ2v) is 9.09. The number of aromatic nitrogens is 2. The van der Waals surface area contributed by atoms with Gasteiger partial charge in [0.2, 0.25) is 11.8 Å². The van der Waals surface area contributed by atoms with Crippen LogP contribution in [0.3, 0.4) is 0 Å². The minimum absolute atomic E-state index is 0.0443. The topological polar surface area (TPSA) is 58.6 Å².